The highest BCUT2D eigenvalue weighted by atomic mass is 79.9. The first-order valence-electron chi connectivity index (χ1n) is 11.3. The summed E-state index contributed by atoms with van der Waals surface area (Å²) in [6.45, 7) is 9.52. The fourth-order valence-corrected chi connectivity index (χ4v) is 4.10. The summed E-state index contributed by atoms with van der Waals surface area (Å²) < 4.78 is 6.07. The summed E-state index contributed by atoms with van der Waals surface area (Å²) in [5.74, 6) is -2.74. The second kappa shape index (κ2) is 10.6. The molecule has 3 rings (SSSR count). The summed E-state index contributed by atoms with van der Waals surface area (Å²) in [5.41, 5.74) is 6.46. The highest BCUT2D eigenvalue weighted by Crippen LogP contribution is 2.25. The summed E-state index contributed by atoms with van der Waals surface area (Å²) in [7, 11) is 0. The average molecular weight is 544 g/mol. The Labute approximate surface area is 213 Å². The minimum absolute atomic E-state index is 0.0177. The van der Waals surface area contributed by atoms with Gasteiger partial charge < -0.3 is 10.1 Å². The van der Waals surface area contributed by atoms with Gasteiger partial charge in [0.2, 0.25) is 5.91 Å². The first-order chi connectivity index (χ1) is 16.3. The van der Waals surface area contributed by atoms with E-state index in [-0.39, 0.29) is 18.4 Å². The van der Waals surface area contributed by atoms with E-state index in [0.717, 1.165) is 26.2 Å². The van der Waals surface area contributed by atoms with Crippen LogP contribution in [0.2, 0.25) is 0 Å². The second-order valence-corrected chi connectivity index (χ2v) is 10.6. The van der Waals surface area contributed by atoms with Crippen LogP contribution in [0.3, 0.4) is 0 Å². The van der Waals surface area contributed by atoms with Crippen molar-refractivity contribution in [1.29, 1.82) is 0 Å². The largest absolute Gasteiger partial charge is 0.455 e. The maximum Gasteiger partial charge on any atom is 0.311 e. The van der Waals surface area contributed by atoms with E-state index in [0.29, 0.717) is 11.3 Å². The molecule has 1 saturated heterocycles. The molecule has 35 heavy (non-hydrogen) atoms. The number of rotatable bonds is 6. The first kappa shape index (κ1) is 26.4. The Balaban J connectivity index is 1.51. The zero-order chi connectivity index (χ0) is 25.9. The summed E-state index contributed by atoms with van der Waals surface area (Å²) in [4.78, 5) is 49.6. The SMILES string of the molecule is Cc1cc(NC(=O)COC(=O)[C@@H]2CC(=O)N(NC(=O)c3ccc(C(C)(C)C)cc3)C2)c(C)cc1Br. The molecule has 2 aromatic carbocycles. The molecule has 1 aliphatic heterocycles. The normalized spacial score (nSPS) is 15.7. The number of hydrogen-bond acceptors (Lipinski definition) is 5. The third-order valence-corrected chi connectivity index (χ3v) is 6.69. The highest BCUT2D eigenvalue weighted by molar-refractivity contribution is 9.10. The molecule has 8 nitrogen and oxygen atoms in total. The number of nitrogens with one attached hydrogen (secondary N) is 2. The van der Waals surface area contributed by atoms with Gasteiger partial charge in [-0.25, -0.2) is 0 Å². The van der Waals surface area contributed by atoms with Crippen molar-refractivity contribution in [2.75, 3.05) is 18.5 Å². The van der Waals surface area contributed by atoms with Crippen LogP contribution in [0, 0.1) is 19.8 Å². The lowest BCUT2D eigenvalue weighted by molar-refractivity contribution is -0.151. The maximum absolute atomic E-state index is 12.6. The number of halogens is 1. The molecular formula is C26H30BrN3O5. The maximum atomic E-state index is 12.6. The van der Waals surface area contributed by atoms with Crippen LogP contribution >= 0.6 is 15.9 Å². The second-order valence-electron chi connectivity index (χ2n) is 9.75. The van der Waals surface area contributed by atoms with Crippen LogP contribution in [0.4, 0.5) is 5.69 Å². The topological polar surface area (TPSA) is 105 Å². The number of anilines is 1. The van der Waals surface area contributed by atoms with Crippen molar-refractivity contribution in [3.8, 4) is 0 Å². The van der Waals surface area contributed by atoms with E-state index >= 15 is 0 Å². The van der Waals surface area contributed by atoms with E-state index in [2.05, 4.69) is 47.4 Å². The molecule has 186 valence electrons. The molecule has 1 heterocycles. The first-order valence-corrected chi connectivity index (χ1v) is 12.1. The molecule has 0 unspecified atom stereocenters. The molecule has 1 aliphatic rings. The molecule has 2 N–H and O–H groups in total. The number of ether oxygens (including phenoxy) is 1. The predicted octanol–water partition coefficient (Wildman–Crippen LogP) is 4.04. The van der Waals surface area contributed by atoms with Gasteiger partial charge in [-0.05, 0) is 60.2 Å². The smallest absolute Gasteiger partial charge is 0.311 e. The molecular weight excluding hydrogens is 514 g/mol. The third-order valence-electron chi connectivity index (χ3n) is 5.83. The zero-order valence-electron chi connectivity index (χ0n) is 20.5. The van der Waals surface area contributed by atoms with Crippen LogP contribution in [0.1, 0.15) is 54.2 Å². The van der Waals surface area contributed by atoms with Crippen LogP contribution in [0.25, 0.3) is 0 Å². The zero-order valence-corrected chi connectivity index (χ0v) is 22.1. The molecule has 0 spiro atoms. The van der Waals surface area contributed by atoms with Gasteiger partial charge in [0.1, 0.15) is 0 Å². The van der Waals surface area contributed by atoms with Crippen LogP contribution in [-0.2, 0) is 24.5 Å². The number of esters is 1. The fourth-order valence-electron chi connectivity index (χ4n) is 3.64. The van der Waals surface area contributed by atoms with Gasteiger partial charge in [-0.2, -0.15) is 0 Å². The van der Waals surface area contributed by atoms with Crippen molar-refractivity contribution in [1.82, 2.24) is 10.4 Å². The minimum atomic E-state index is -0.768. The van der Waals surface area contributed by atoms with E-state index < -0.39 is 36.2 Å². The molecule has 9 heteroatoms. The molecule has 3 amide bonds. The van der Waals surface area contributed by atoms with Crippen LogP contribution < -0.4 is 10.7 Å². The monoisotopic (exact) mass is 543 g/mol. The predicted molar refractivity (Wildman–Crippen MR) is 136 cm³/mol. The quantitative estimate of drug-likeness (QED) is 0.535. The molecule has 0 aliphatic carbocycles. The number of carbonyl (C=O) groups excluding carboxylic acids is 4. The van der Waals surface area contributed by atoms with E-state index in [1.165, 1.54) is 0 Å². The summed E-state index contributed by atoms with van der Waals surface area (Å²) >= 11 is 3.44. The number of hydrogen-bond donors (Lipinski definition) is 2. The van der Waals surface area contributed by atoms with E-state index in [9.17, 15) is 19.2 Å². The Morgan fingerprint density at radius 2 is 1.74 bits per heavy atom. The molecule has 0 aromatic heterocycles. The van der Waals surface area contributed by atoms with Crippen molar-refractivity contribution in [2.45, 2.75) is 46.5 Å². The van der Waals surface area contributed by atoms with Gasteiger partial charge in [-0.3, -0.25) is 29.6 Å². The fraction of sp³-hybridized carbons (Fsp3) is 0.385. The number of benzene rings is 2. The van der Waals surface area contributed by atoms with Gasteiger partial charge in [0, 0.05) is 22.1 Å². The Morgan fingerprint density at radius 1 is 1.09 bits per heavy atom. The van der Waals surface area contributed by atoms with Crippen LogP contribution in [0.5, 0.6) is 0 Å². The third kappa shape index (κ3) is 6.69. The lowest BCUT2D eigenvalue weighted by atomic mass is 9.87. The van der Waals surface area contributed by atoms with E-state index in [1.807, 2.05) is 38.1 Å². The number of hydrazine groups is 1. The Morgan fingerprint density at radius 3 is 2.37 bits per heavy atom. The van der Waals surface area contributed by atoms with Gasteiger partial charge in [-0.1, -0.05) is 48.8 Å². The van der Waals surface area contributed by atoms with Crippen molar-refractivity contribution < 1.29 is 23.9 Å². The molecule has 2 aromatic rings. The standard InChI is InChI=1S/C26H30BrN3O5/c1-15-11-21(16(2)10-20(15)27)28-22(31)14-35-25(34)18-12-23(32)30(13-18)29-24(33)17-6-8-19(9-7-17)26(3,4)5/h6-11,18H,12-14H2,1-5H3,(H,28,31)(H,29,33)/t18-/m1/s1. The number of carbonyl (C=O) groups is 4. The number of amides is 3. The van der Waals surface area contributed by atoms with E-state index in [4.69, 9.17) is 4.74 Å². The summed E-state index contributed by atoms with van der Waals surface area (Å²) in [5, 5.41) is 3.85. The molecule has 0 radical (unpaired) electrons. The van der Waals surface area contributed by atoms with Gasteiger partial charge in [-0.15, -0.1) is 0 Å². The Bertz CT molecular complexity index is 1150. The van der Waals surface area contributed by atoms with Gasteiger partial charge in [0.05, 0.1) is 12.5 Å². The van der Waals surface area contributed by atoms with Crippen molar-refractivity contribution in [3.05, 3.63) is 63.1 Å². The number of aryl methyl sites for hydroxylation is 2. The summed E-state index contributed by atoms with van der Waals surface area (Å²) in [6, 6.07) is 10.9. The lowest BCUT2D eigenvalue weighted by Gasteiger charge is -2.20. The molecule has 0 bridgehead atoms. The summed E-state index contributed by atoms with van der Waals surface area (Å²) in [6.07, 6.45) is -0.102. The Hall–Kier alpha value is -3.20. The highest BCUT2D eigenvalue weighted by Gasteiger charge is 2.36. The van der Waals surface area contributed by atoms with Crippen LogP contribution in [-0.4, -0.2) is 41.9 Å². The minimum Gasteiger partial charge on any atom is -0.455 e. The van der Waals surface area contributed by atoms with Crippen LogP contribution in [0.15, 0.2) is 40.9 Å². The average Bonchev–Trinajstić information content (AvgIpc) is 3.15. The lowest BCUT2D eigenvalue weighted by Crippen LogP contribution is -2.43. The van der Waals surface area contributed by atoms with Crippen molar-refractivity contribution in [2.24, 2.45) is 5.92 Å². The van der Waals surface area contributed by atoms with Gasteiger partial charge >= 0.3 is 5.97 Å². The molecule has 0 saturated carbocycles. The Kier molecular flexibility index (Phi) is 8.00. The van der Waals surface area contributed by atoms with Gasteiger partial charge in [0.15, 0.2) is 6.61 Å². The molecule has 1 atom stereocenters. The number of nitrogens with zero attached hydrogens (tertiary/aromatic N) is 1. The van der Waals surface area contributed by atoms with Crippen molar-refractivity contribution >= 4 is 45.3 Å². The van der Waals surface area contributed by atoms with Gasteiger partial charge in [0.25, 0.3) is 11.8 Å². The molecule has 1 fully saturated rings. The van der Waals surface area contributed by atoms with Crippen molar-refractivity contribution in [3.63, 3.8) is 0 Å². The van der Waals surface area contributed by atoms with E-state index in [1.54, 1.807) is 12.1 Å².